The number of carbonyl (C=O) groups excluding carboxylic acids is 1. The Morgan fingerprint density at radius 2 is 2.07 bits per heavy atom. The van der Waals surface area contributed by atoms with E-state index in [9.17, 15) is 4.79 Å². The fourth-order valence-corrected chi connectivity index (χ4v) is 2.10. The zero-order chi connectivity index (χ0) is 10.7. The molecule has 80 valence electrons. The van der Waals surface area contributed by atoms with Crippen molar-refractivity contribution in [2.75, 3.05) is 0 Å². The summed E-state index contributed by atoms with van der Waals surface area (Å²) in [7, 11) is 0. The molecule has 0 saturated heterocycles. The second-order valence-corrected chi connectivity index (χ2v) is 4.14. The van der Waals surface area contributed by atoms with Gasteiger partial charge in [0.05, 0.1) is 11.7 Å². The van der Waals surface area contributed by atoms with Gasteiger partial charge in [0.1, 0.15) is 5.75 Å². The number of aldehydes is 1. The Labute approximate surface area is 90.3 Å². The minimum Gasteiger partial charge on any atom is -0.489 e. The van der Waals surface area contributed by atoms with Crippen LogP contribution in [0.5, 0.6) is 5.75 Å². The van der Waals surface area contributed by atoms with E-state index in [2.05, 4.69) is 0 Å². The van der Waals surface area contributed by atoms with E-state index >= 15 is 0 Å². The Balaban J connectivity index is 2.21. The van der Waals surface area contributed by atoms with Crippen LogP contribution in [0, 0.1) is 6.92 Å². The number of aryl methyl sites for hydroxylation is 1. The van der Waals surface area contributed by atoms with Crippen LogP contribution in [0.25, 0.3) is 0 Å². The van der Waals surface area contributed by atoms with Crippen LogP contribution in [0.3, 0.4) is 0 Å². The molecule has 1 aromatic carbocycles. The van der Waals surface area contributed by atoms with Gasteiger partial charge < -0.3 is 4.74 Å². The number of para-hydroxylation sites is 1. The van der Waals surface area contributed by atoms with Crippen molar-refractivity contribution in [3.05, 3.63) is 29.3 Å². The predicted octanol–water partition coefficient (Wildman–Crippen LogP) is 3.13. The Morgan fingerprint density at radius 3 is 2.73 bits per heavy atom. The number of benzene rings is 1. The van der Waals surface area contributed by atoms with Crippen molar-refractivity contribution in [1.82, 2.24) is 0 Å². The summed E-state index contributed by atoms with van der Waals surface area (Å²) in [5.74, 6) is 0.777. The van der Waals surface area contributed by atoms with Crippen LogP contribution in [-0.4, -0.2) is 12.4 Å². The SMILES string of the molecule is Cc1cccc(C=O)c1OC1CCCC1. The van der Waals surface area contributed by atoms with E-state index < -0.39 is 0 Å². The maximum atomic E-state index is 10.9. The fourth-order valence-electron chi connectivity index (χ4n) is 2.10. The van der Waals surface area contributed by atoms with Gasteiger partial charge >= 0.3 is 0 Å². The van der Waals surface area contributed by atoms with Crippen LogP contribution in [0.15, 0.2) is 18.2 Å². The lowest BCUT2D eigenvalue weighted by atomic mass is 10.1. The second kappa shape index (κ2) is 4.47. The van der Waals surface area contributed by atoms with Gasteiger partial charge in [-0.15, -0.1) is 0 Å². The first-order chi connectivity index (χ1) is 7.31. The number of hydrogen-bond donors (Lipinski definition) is 0. The third-order valence-corrected chi connectivity index (χ3v) is 2.96. The van der Waals surface area contributed by atoms with Crippen LogP contribution >= 0.6 is 0 Å². The third kappa shape index (κ3) is 2.20. The molecule has 1 aromatic rings. The maximum Gasteiger partial charge on any atom is 0.153 e. The summed E-state index contributed by atoms with van der Waals surface area (Å²) in [6.45, 7) is 1.98. The lowest BCUT2D eigenvalue weighted by Crippen LogP contribution is -2.13. The first-order valence-corrected chi connectivity index (χ1v) is 5.52. The van der Waals surface area contributed by atoms with Gasteiger partial charge in [0, 0.05) is 0 Å². The van der Waals surface area contributed by atoms with Crippen molar-refractivity contribution in [3.63, 3.8) is 0 Å². The first-order valence-electron chi connectivity index (χ1n) is 5.52. The van der Waals surface area contributed by atoms with Crippen LogP contribution in [0.1, 0.15) is 41.6 Å². The lowest BCUT2D eigenvalue weighted by Gasteiger charge is -2.16. The van der Waals surface area contributed by atoms with E-state index in [1.807, 2.05) is 25.1 Å². The Morgan fingerprint density at radius 1 is 1.33 bits per heavy atom. The molecule has 1 aliphatic carbocycles. The number of hydrogen-bond acceptors (Lipinski definition) is 2. The van der Waals surface area contributed by atoms with Crippen molar-refractivity contribution >= 4 is 6.29 Å². The summed E-state index contributed by atoms with van der Waals surface area (Å²) in [5.41, 5.74) is 1.72. The highest BCUT2D eigenvalue weighted by atomic mass is 16.5. The van der Waals surface area contributed by atoms with E-state index in [-0.39, 0.29) is 0 Å². The van der Waals surface area contributed by atoms with Gasteiger partial charge in [0.25, 0.3) is 0 Å². The van der Waals surface area contributed by atoms with Crippen molar-refractivity contribution in [2.24, 2.45) is 0 Å². The fraction of sp³-hybridized carbons (Fsp3) is 0.462. The largest absolute Gasteiger partial charge is 0.489 e. The molecule has 2 heteroatoms. The summed E-state index contributed by atoms with van der Waals surface area (Å²) >= 11 is 0. The zero-order valence-corrected chi connectivity index (χ0v) is 9.03. The summed E-state index contributed by atoms with van der Waals surface area (Å²) < 4.78 is 5.90. The van der Waals surface area contributed by atoms with Gasteiger partial charge in [-0.3, -0.25) is 4.79 Å². The third-order valence-electron chi connectivity index (χ3n) is 2.96. The van der Waals surface area contributed by atoms with Crippen LogP contribution in [-0.2, 0) is 0 Å². The van der Waals surface area contributed by atoms with Crippen LogP contribution in [0.4, 0.5) is 0 Å². The molecule has 0 unspecified atom stereocenters. The molecule has 0 heterocycles. The molecule has 1 aliphatic rings. The monoisotopic (exact) mass is 204 g/mol. The highest BCUT2D eigenvalue weighted by Gasteiger charge is 2.18. The molecule has 0 N–H and O–H groups in total. The first kappa shape index (κ1) is 10.2. The molecule has 0 aliphatic heterocycles. The minimum absolute atomic E-state index is 0.310. The highest BCUT2D eigenvalue weighted by Crippen LogP contribution is 2.28. The normalized spacial score (nSPS) is 16.6. The van der Waals surface area contributed by atoms with E-state index in [1.165, 1.54) is 12.8 Å². The molecule has 0 amide bonds. The quantitative estimate of drug-likeness (QED) is 0.707. The molecular weight excluding hydrogens is 188 g/mol. The van der Waals surface area contributed by atoms with Crippen LogP contribution < -0.4 is 4.74 Å². The van der Waals surface area contributed by atoms with Gasteiger partial charge in [0.15, 0.2) is 6.29 Å². The Hall–Kier alpha value is -1.31. The topological polar surface area (TPSA) is 26.3 Å². The summed E-state index contributed by atoms with van der Waals surface area (Å²) in [6, 6.07) is 5.68. The van der Waals surface area contributed by atoms with Gasteiger partial charge in [-0.2, -0.15) is 0 Å². The van der Waals surface area contributed by atoms with Gasteiger partial charge in [-0.1, -0.05) is 12.1 Å². The van der Waals surface area contributed by atoms with Crippen molar-refractivity contribution < 1.29 is 9.53 Å². The Kier molecular flexibility index (Phi) is 3.05. The van der Waals surface area contributed by atoms with Gasteiger partial charge in [-0.05, 0) is 44.2 Å². The molecule has 0 atom stereocenters. The molecule has 1 fully saturated rings. The molecule has 2 nitrogen and oxygen atoms in total. The maximum absolute atomic E-state index is 10.9. The highest BCUT2D eigenvalue weighted by molar-refractivity contribution is 5.80. The molecule has 0 radical (unpaired) electrons. The second-order valence-electron chi connectivity index (χ2n) is 4.14. The molecule has 0 spiro atoms. The number of ether oxygens (including phenoxy) is 1. The van der Waals surface area contributed by atoms with Crippen molar-refractivity contribution in [3.8, 4) is 5.75 Å². The van der Waals surface area contributed by atoms with E-state index in [1.54, 1.807) is 0 Å². The molecule has 0 bridgehead atoms. The zero-order valence-electron chi connectivity index (χ0n) is 9.03. The standard InChI is InChI=1S/C13H16O2/c1-10-5-4-6-11(9-14)13(10)15-12-7-2-3-8-12/h4-6,9,12H,2-3,7-8H2,1H3. The predicted molar refractivity (Wildman–Crippen MR) is 59.5 cm³/mol. The summed E-state index contributed by atoms with van der Waals surface area (Å²) in [4.78, 5) is 10.9. The van der Waals surface area contributed by atoms with Gasteiger partial charge in [0.2, 0.25) is 0 Å². The van der Waals surface area contributed by atoms with E-state index in [0.717, 1.165) is 30.4 Å². The lowest BCUT2D eigenvalue weighted by molar-refractivity contribution is 0.111. The van der Waals surface area contributed by atoms with E-state index in [0.29, 0.717) is 11.7 Å². The molecule has 0 aromatic heterocycles. The molecular formula is C13H16O2. The summed E-state index contributed by atoms with van der Waals surface area (Å²) in [6.07, 6.45) is 5.90. The molecule has 1 saturated carbocycles. The van der Waals surface area contributed by atoms with Gasteiger partial charge in [-0.25, -0.2) is 0 Å². The average Bonchev–Trinajstić information content (AvgIpc) is 2.74. The van der Waals surface area contributed by atoms with Crippen molar-refractivity contribution in [2.45, 2.75) is 38.7 Å². The average molecular weight is 204 g/mol. The molecule has 15 heavy (non-hydrogen) atoms. The van der Waals surface area contributed by atoms with E-state index in [4.69, 9.17) is 4.74 Å². The molecule has 2 rings (SSSR count). The summed E-state index contributed by atoms with van der Waals surface area (Å²) in [5, 5.41) is 0. The Bertz CT molecular complexity index is 352. The van der Waals surface area contributed by atoms with Crippen molar-refractivity contribution in [1.29, 1.82) is 0 Å². The smallest absolute Gasteiger partial charge is 0.153 e. The number of carbonyl (C=O) groups is 1. The van der Waals surface area contributed by atoms with Crippen LogP contribution in [0.2, 0.25) is 0 Å². The number of rotatable bonds is 3. The minimum atomic E-state index is 0.310.